The van der Waals surface area contributed by atoms with Crippen molar-refractivity contribution in [3.8, 4) is 0 Å². The molecule has 6 heteroatoms. The second-order valence-corrected chi connectivity index (χ2v) is 3.18. The van der Waals surface area contributed by atoms with Gasteiger partial charge in [-0.2, -0.15) is 4.39 Å². The van der Waals surface area contributed by atoms with Crippen molar-refractivity contribution in [2.24, 2.45) is 10.7 Å². The maximum Gasteiger partial charge on any atom is 0.351 e. The average Bonchev–Trinajstić information content (AvgIpc) is 2.18. The van der Waals surface area contributed by atoms with Gasteiger partial charge in [-0.1, -0.05) is 0 Å². The zero-order valence-electron chi connectivity index (χ0n) is 8.15. The number of aliphatic imine (C=N–C) groups is 1. The molecule has 1 unspecified atom stereocenters. The number of carboxylic acid groups (broad SMARTS) is 1. The maximum absolute atomic E-state index is 13.0. The Hall–Kier alpha value is -1.43. The predicted octanol–water partition coefficient (Wildman–Crippen LogP) is 0.808. The van der Waals surface area contributed by atoms with E-state index in [1.54, 1.807) is 0 Å². The zero-order chi connectivity index (χ0) is 11.3. The Balaban J connectivity index is 2.58. The summed E-state index contributed by atoms with van der Waals surface area (Å²) in [6.07, 6.45) is 2.69. The highest BCUT2D eigenvalue weighted by molar-refractivity contribution is 5.96. The number of nitrogens with zero attached hydrogens (tertiary/aromatic N) is 1. The van der Waals surface area contributed by atoms with E-state index in [0.717, 1.165) is 12.8 Å². The second kappa shape index (κ2) is 5.45. The first kappa shape index (κ1) is 11.6. The molecule has 1 rings (SSSR count). The molecule has 0 amide bonds. The molecular formula is C9H13FN2O3. The summed E-state index contributed by atoms with van der Waals surface area (Å²) in [5.41, 5.74) is 4.45. The molecule has 1 aliphatic heterocycles. The molecule has 1 aliphatic rings. The molecule has 15 heavy (non-hydrogen) atoms. The van der Waals surface area contributed by atoms with Gasteiger partial charge in [0.05, 0.1) is 0 Å². The van der Waals surface area contributed by atoms with Crippen molar-refractivity contribution in [1.82, 2.24) is 0 Å². The van der Waals surface area contributed by atoms with Gasteiger partial charge in [-0.05, 0) is 19.3 Å². The number of aliphatic carboxylic acids is 1. The normalized spacial score (nSPS) is 23.9. The number of hydrogen-bond donors (Lipinski definition) is 2. The molecule has 0 spiro atoms. The summed E-state index contributed by atoms with van der Waals surface area (Å²) in [6, 6.07) is 0. The number of ether oxygens (including phenoxy) is 1. The number of allylic oxidation sites excluding steroid dienone is 1. The molecule has 0 aliphatic carbocycles. The lowest BCUT2D eigenvalue weighted by Gasteiger charge is -2.18. The van der Waals surface area contributed by atoms with E-state index in [1.807, 2.05) is 0 Å². The molecule has 1 heterocycles. The Morgan fingerprint density at radius 3 is 2.87 bits per heavy atom. The van der Waals surface area contributed by atoms with Crippen LogP contribution in [0.1, 0.15) is 19.3 Å². The first-order chi connectivity index (χ1) is 7.09. The van der Waals surface area contributed by atoms with Crippen LogP contribution in [-0.2, 0) is 9.53 Å². The van der Waals surface area contributed by atoms with Gasteiger partial charge < -0.3 is 15.6 Å². The van der Waals surface area contributed by atoms with Crippen LogP contribution < -0.4 is 5.73 Å². The van der Waals surface area contributed by atoms with Crippen molar-refractivity contribution in [2.45, 2.75) is 25.5 Å². The van der Waals surface area contributed by atoms with E-state index >= 15 is 0 Å². The number of carboxylic acids is 1. The van der Waals surface area contributed by atoms with E-state index < -0.39 is 23.9 Å². The van der Waals surface area contributed by atoms with Gasteiger partial charge in [0.15, 0.2) is 6.23 Å². The fourth-order valence-corrected chi connectivity index (χ4v) is 1.19. The highest BCUT2D eigenvalue weighted by atomic mass is 19.1. The van der Waals surface area contributed by atoms with E-state index in [1.165, 1.54) is 0 Å². The number of hydrogen-bond acceptors (Lipinski definition) is 4. The Morgan fingerprint density at radius 1 is 1.60 bits per heavy atom. The van der Waals surface area contributed by atoms with E-state index in [9.17, 15) is 9.18 Å². The van der Waals surface area contributed by atoms with Gasteiger partial charge in [-0.15, -0.1) is 0 Å². The van der Waals surface area contributed by atoms with Crippen molar-refractivity contribution in [2.75, 3.05) is 6.61 Å². The summed E-state index contributed by atoms with van der Waals surface area (Å²) >= 11 is 0. The summed E-state index contributed by atoms with van der Waals surface area (Å²) in [4.78, 5) is 13.8. The zero-order valence-corrected chi connectivity index (χ0v) is 8.15. The SMILES string of the molecule is N/C(=C\C(F)=N\C1CCCCO1)C(=O)O. The van der Waals surface area contributed by atoms with Crippen LogP contribution in [0.2, 0.25) is 0 Å². The van der Waals surface area contributed by atoms with Gasteiger partial charge >= 0.3 is 5.97 Å². The van der Waals surface area contributed by atoms with Gasteiger partial charge in [-0.25, -0.2) is 9.79 Å². The minimum atomic E-state index is -1.37. The fourth-order valence-electron chi connectivity index (χ4n) is 1.19. The van der Waals surface area contributed by atoms with E-state index in [4.69, 9.17) is 15.6 Å². The third kappa shape index (κ3) is 4.07. The average molecular weight is 216 g/mol. The number of rotatable bonds is 3. The van der Waals surface area contributed by atoms with Crippen LogP contribution in [-0.4, -0.2) is 29.9 Å². The Kier molecular flexibility index (Phi) is 4.23. The van der Waals surface area contributed by atoms with Crippen LogP contribution in [0.25, 0.3) is 0 Å². The fraction of sp³-hybridized carbons (Fsp3) is 0.556. The van der Waals surface area contributed by atoms with Crippen LogP contribution in [0.5, 0.6) is 0 Å². The monoisotopic (exact) mass is 216 g/mol. The van der Waals surface area contributed by atoms with Crippen LogP contribution in [0.15, 0.2) is 16.8 Å². The van der Waals surface area contributed by atoms with Gasteiger partial charge in [0.1, 0.15) is 5.70 Å². The third-order valence-electron chi connectivity index (χ3n) is 1.94. The summed E-state index contributed by atoms with van der Waals surface area (Å²) in [5, 5.41) is 8.39. The van der Waals surface area contributed by atoms with Crippen LogP contribution in [0, 0.1) is 0 Å². The van der Waals surface area contributed by atoms with E-state index in [2.05, 4.69) is 4.99 Å². The lowest BCUT2D eigenvalue weighted by Crippen LogP contribution is -2.18. The Bertz CT molecular complexity index is 296. The molecule has 0 radical (unpaired) electrons. The van der Waals surface area contributed by atoms with Crippen molar-refractivity contribution in [3.05, 3.63) is 11.8 Å². The molecule has 0 aromatic rings. The molecule has 1 saturated heterocycles. The lowest BCUT2D eigenvalue weighted by molar-refractivity contribution is -0.132. The minimum Gasteiger partial charge on any atom is -0.477 e. The van der Waals surface area contributed by atoms with Crippen molar-refractivity contribution < 1.29 is 19.0 Å². The molecule has 1 atom stereocenters. The van der Waals surface area contributed by atoms with Crippen molar-refractivity contribution in [1.29, 1.82) is 0 Å². The first-order valence-corrected chi connectivity index (χ1v) is 4.65. The molecule has 0 saturated carbocycles. The molecule has 0 aromatic heterocycles. The molecule has 0 aromatic carbocycles. The largest absolute Gasteiger partial charge is 0.477 e. The van der Waals surface area contributed by atoms with Crippen LogP contribution >= 0.6 is 0 Å². The molecular weight excluding hydrogens is 203 g/mol. The molecule has 3 N–H and O–H groups in total. The van der Waals surface area contributed by atoms with Gasteiger partial charge in [0.25, 0.3) is 0 Å². The van der Waals surface area contributed by atoms with Crippen molar-refractivity contribution in [3.63, 3.8) is 0 Å². The van der Waals surface area contributed by atoms with Gasteiger partial charge in [-0.3, -0.25) is 0 Å². The summed E-state index contributed by atoms with van der Waals surface area (Å²) in [5.74, 6) is -2.29. The van der Waals surface area contributed by atoms with Crippen molar-refractivity contribution >= 4 is 11.9 Å². The minimum absolute atomic E-state index is 0.517. The highest BCUT2D eigenvalue weighted by Crippen LogP contribution is 2.14. The number of nitrogens with two attached hydrogens (primary N) is 1. The second-order valence-electron chi connectivity index (χ2n) is 3.18. The lowest BCUT2D eigenvalue weighted by atomic mass is 10.2. The summed E-state index contributed by atoms with van der Waals surface area (Å²) in [6.45, 7) is 0.555. The highest BCUT2D eigenvalue weighted by Gasteiger charge is 2.13. The first-order valence-electron chi connectivity index (χ1n) is 4.65. The summed E-state index contributed by atoms with van der Waals surface area (Å²) in [7, 11) is 0. The Morgan fingerprint density at radius 2 is 2.33 bits per heavy atom. The summed E-state index contributed by atoms with van der Waals surface area (Å²) < 4.78 is 18.2. The number of halogens is 1. The topological polar surface area (TPSA) is 84.9 Å². The van der Waals surface area contributed by atoms with Gasteiger partial charge in [0, 0.05) is 12.7 Å². The van der Waals surface area contributed by atoms with Crippen LogP contribution in [0.3, 0.4) is 0 Å². The van der Waals surface area contributed by atoms with Crippen LogP contribution in [0.4, 0.5) is 4.39 Å². The molecule has 1 fully saturated rings. The smallest absolute Gasteiger partial charge is 0.351 e. The molecule has 0 bridgehead atoms. The van der Waals surface area contributed by atoms with Gasteiger partial charge in [0.2, 0.25) is 5.97 Å². The standard InChI is InChI=1S/C9H13FN2O3/c10-7(5-6(11)9(13)14)12-8-3-1-2-4-15-8/h5,8H,1-4,11H2,(H,13,14)/b6-5-,12-7-. The van der Waals surface area contributed by atoms with E-state index in [0.29, 0.717) is 19.1 Å². The quantitative estimate of drug-likeness (QED) is 0.540. The predicted molar refractivity (Wildman–Crippen MR) is 52.0 cm³/mol. The third-order valence-corrected chi connectivity index (χ3v) is 1.94. The maximum atomic E-state index is 13.0. The number of carbonyl (C=O) groups is 1. The molecule has 5 nitrogen and oxygen atoms in total. The Labute approximate surface area is 86.4 Å². The molecule has 84 valence electrons. The van der Waals surface area contributed by atoms with E-state index in [-0.39, 0.29) is 0 Å².